The highest BCUT2D eigenvalue weighted by Crippen LogP contribution is 2.53. The standard InChI is InChI=1S/C25H24N4O9/c1-29(2)18-11-8-9-7-10-12(28-24(36)14-5-6-27-38-14)3-4-13(30)16(10)19(31)15(9)21(33)25(11,37)22(34)17(20(18)32)23(26)35/h3-6,9,11,18,30-31,34,37H,7-8H2,1-2H3,(H2,26,35)(H,28,36)/t9-,11-,18?,25+/m0/s1. The Kier molecular flexibility index (Phi) is 5.65. The molecule has 1 aromatic carbocycles. The summed E-state index contributed by atoms with van der Waals surface area (Å²) < 4.78 is 4.87. The Labute approximate surface area is 214 Å². The molecule has 0 spiro atoms. The number of fused-ring (bicyclic) bond motifs is 3. The molecule has 1 fully saturated rings. The molecule has 1 heterocycles. The van der Waals surface area contributed by atoms with Gasteiger partial charge in [-0.15, -0.1) is 0 Å². The monoisotopic (exact) mass is 524 g/mol. The number of nitrogens with two attached hydrogens (primary N) is 1. The third kappa shape index (κ3) is 3.35. The lowest BCUT2D eigenvalue weighted by Crippen LogP contribution is -2.65. The summed E-state index contributed by atoms with van der Waals surface area (Å²) in [5.74, 6) is -8.18. The van der Waals surface area contributed by atoms with Crippen LogP contribution in [0.1, 0.15) is 28.1 Å². The van der Waals surface area contributed by atoms with E-state index in [2.05, 4.69) is 10.5 Å². The largest absolute Gasteiger partial charge is 0.508 e. The van der Waals surface area contributed by atoms with Crippen molar-refractivity contribution in [2.45, 2.75) is 24.5 Å². The number of aliphatic hydroxyl groups is 3. The highest BCUT2D eigenvalue weighted by molar-refractivity contribution is 6.24. The van der Waals surface area contributed by atoms with E-state index in [9.17, 15) is 39.6 Å². The number of phenols is 1. The zero-order valence-electron chi connectivity index (χ0n) is 20.3. The Morgan fingerprint density at radius 2 is 1.89 bits per heavy atom. The van der Waals surface area contributed by atoms with E-state index in [4.69, 9.17) is 10.3 Å². The number of amides is 2. The lowest BCUT2D eigenvalue weighted by atomic mass is 9.57. The fourth-order valence-electron chi connectivity index (χ4n) is 5.88. The van der Waals surface area contributed by atoms with E-state index in [1.807, 2.05) is 0 Å². The van der Waals surface area contributed by atoms with E-state index in [0.29, 0.717) is 5.56 Å². The van der Waals surface area contributed by atoms with Crippen molar-refractivity contribution in [2.24, 2.45) is 17.6 Å². The lowest BCUT2D eigenvalue weighted by molar-refractivity contribution is -0.153. The zero-order valence-corrected chi connectivity index (χ0v) is 20.3. The lowest BCUT2D eigenvalue weighted by Gasteiger charge is -2.50. The number of anilines is 1. The maximum Gasteiger partial charge on any atom is 0.294 e. The Balaban J connectivity index is 1.66. The molecule has 7 N–H and O–H groups in total. The van der Waals surface area contributed by atoms with Crippen LogP contribution in [0.4, 0.5) is 5.69 Å². The van der Waals surface area contributed by atoms with Crippen molar-refractivity contribution in [3.05, 3.63) is 58.2 Å². The fourth-order valence-corrected chi connectivity index (χ4v) is 5.88. The maximum atomic E-state index is 13.8. The summed E-state index contributed by atoms with van der Waals surface area (Å²) in [6.45, 7) is 0. The molecule has 198 valence electrons. The first-order valence-corrected chi connectivity index (χ1v) is 11.6. The minimum atomic E-state index is -2.72. The number of Topliss-reactive ketones (excluding diaryl/α,β-unsaturated/α-hetero) is 2. The number of nitrogens with one attached hydrogen (secondary N) is 1. The highest BCUT2D eigenvalue weighted by Gasteiger charge is 2.64. The van der Waals surface area contributed by atoms with Crippen molar-refractivity contribution in [2.75, 3.05) is 19.4 Å². The summed E-state index contributed by atoms with van der Waals surface area (Å²) in [6, 6.07) is 2.78. The SMILES string of the molecule is CN(C)C1C(=O)C(C(N)=O)=C(O)[C@]2(O)C(=O)C3=C(O)c4c(O)ccc(NC(=O)c5ccno5)c4C[C@H]3C[C@@H]12. The molecule has 13 heteroatoms. The third-order valence-electron chi connectivity index (χ3n) is 7.51. The molecule has 3 aliphatic rings. The maximum absolute atomic E-state index is 13.8. The van der Waals surface area contributed by atoms with Crippen LogP contribution in [0.3, 0.4) is 0 Å². The molecule has 0 bridgehead atoms. The van der Waals surface area contributed by atoms with Crippen LogP contribution in [-0.4, -0.2) is 79.6 Å². The molecule has 5 rings (SSSR count). The van der Waals surface area contributed by atoms with Crippen LogP contribution in [0.5, 0.6) is 5.75 Å². The van der Waals surface area contributed by atoms with Gasteiger partial charge in [-0.25, -0.2) is 0 Å². The van der Waals surface area contributed by atoms with Gasteiger partial charge in [0.05, 0.1) is 17.8 Å². The first kappa shape index (κ1) is 25.2. The second kappa shape index (κ2) is 8.53. The number of aliphatic hydroxyl groups excluding tert-OH is 2. The van der Waals surface area contributed by atoms with Gasteiger partial charge in [-0.2, -0.15) is 0 Å². The minimum absolute atomic E-state index is 0.0228. The molecule has 1 aromatic heterocycles. The number of aromatic hydroxyl groups is 1. The number of nitrogens with zero attached hydrogens (tertiary/aromatic N) is 2. The average Bonchev–Trinajstić information content (AvgIpc) is 3.38. The van der Waals surface area contributed by atoms with E-state index in [0.717, 1.165) is 0 Å². The number of carbonyl (C=O) groups is 4. The molecule has 0 aliphatic heterocycles. The molecule has 0 saturated heterocycles. The molecule has 0 radical (unpaired) electrons. The Morgan fingerprint density at radius 1 is 1.18 bits per heavy atom. The second-order valence-corrected chi connectivity index (χ2v) is 9.78. The molecule has 1 saturated carbocycles. The van der Waals surface area contributed by atoms with Gasteiger partial charge >= 0.3 is 0 Å². The average molecular weight is 524 g/mol. The van der Waals surface area contributed by atoms with Crippen molar-refractivity contribution in [1.82, 2.24) is 10.1 Å². The van der Waals surface area contributed by atoms with E-state index in [-0.39, 0.29) is 35.4 Å². The van der Waals surface area contributed by atoms with Crippen LogP contribution >= 0.6 is 0 Å². The predicted octanol–water partition coefficient (Wildman–Crippen LogP) is 0.204. The number of likely N-dealkylation sites (N-methyl/N-ethyl adjacent to an activating group) is 1. The summed E-state index contributed by atoms with van der Waals surface area (Å²) in [5.41, 5.74) is 1.81. The Hall–Kier alpha value is -4.49. The Morgan fingerprint density at radius 3 is 2.50 bits per heavy atom. The summed E-state index contributed by atoms with van der Waals surface area (Å²) in [4.78, 5) is 53.0. The van der Waals surface area contributed by atoms with E-state index < -0.39 is 69.7 Å². The number of primary amides is 1. The van der Waals surface area contributed by atoms with Crippen molar-refractivity contribution in [1.29, 1.82) is 0 Å². The minimum Gasteiger partial charge on any atom is -0.508 e. The van der Waals surface area contributed by atoms with Crippen molar-refractivity contribution >= 4 is 34.8 Å². The molecule has 38 heavy (non-hydrogen) atoms. The van der Waals surface area contributed by atoms with Gasteiger partial charge in [-0.05, 0) is 50.6 Å². The number of hydrogen-bond acceptors (Lipinski definition) is 11. The summed E-state index contributed by atoms with van der Waals surface area (Å²) >= 11 is 0. The normalized spacial score (nSPS) is 26.7. The smallest absolute Gasteiger partial charge is 0.294 e. The van der Waals surface area contributed by atoms with Crippen molar-refractivity contribution in [3.8, 4) is 5.75 Å². The number of phenolic OH excluding ortho intramolecular Hbond substituents is 1. The quantitative estimate of drug-likeness (QED) is 0.234. The number of rotatable bonds is 4. The van der Waals surface area contributed by atoms with Gasteiger partial charge < -0.3 is 36.0 Å². The fraction of sp³-hybridized carbons (Fsp3) is 0.320. The summed E-state index contributed by atoms with van der Waals surface area (Å²) in [7, 11) is 3.03. The van der Waals surface area contributed by atoms with Gasteiger partial charge in [0.25, 0.3) is 11.8 Å². The first-order chi connectivity index (χ1) is 17.9. The molecular weight excluding hydrogens is 500 g/mol. The van der Waals surface area contributed by atoms with Gasteiger partial charge in [0.2, 0.25) is 11.5 Å². The third-order valence-corrected chi connectivity index (χ3v) is 7.51. The topological polar surface area (TPSA) is 217 Å². The van der Waals surface area contributed by atoms with Gasteiger partial charge in [0.1, 0.15) is 22.8 Å². The van der Waals surface area contributed by atoms with Crippen molar-refractivity contribution in [3.63, 3.8) is 0 Å². The molecular formula is C25H24N4O9. The van der Waals surface area contributed by atoms with Crippen LogP contribution in [0, 0.1) is 11.8 Å². The van der Waals surface area contributed by atoms with Crippen LogP contribution in [0.15, 0.2) is 45.8 Å². The van der Waals surface area contributed by atoms with Gasteiger partial charge in [0, 0.05) is 23.2 Å². The zero-order chi connectivity index (χ0) is 27.7. The molecule has 3 aliphatic carbocycles. The number of hydrogen-bond donors (Lipinski definition) is 6. The van der Waals surface area contributed by atoms with Crippen molar-refractivity contribution < 1.29 is 44.1 Å². The van der Waals surface area contributed by atoms with Crippen LogP contribution < -0.4 is 11.1 Å². The molecule has 1 unspecified atom stereocenters. The van der Waals surface area contributed by atoms with Crippen LogP contribution in [0.25, 0.3) is 5.76 Å². The number of carbonyl (C=O) groups excluding carboxylic acids is 4. The van der Waals surface area contributed by atoms with Crippen LogP contribution in [0.2, 0.25) is 0 Å². The second-order valence-electron chi connectivity index (χ2n) is 9.78. The van der Waals surface area contributed by atoms with Gasteiger partial charge in [-0.1, -0.05) is 5.16 Å². The van der Waals surface area contributed by atoms with E-state index in [1.54, 1.807) is 0 Å². The predicted molar refractivity (Wildman–Crippen MR) is 129 cm³/mol. The van der Waals surface area contributed by atoms with Gasteiger partial charge in [0.15, 0.2) is 11.4 Å². The van der Waals surface area contributed by atoms with Gasteiger partial charge in [-0.3, -0.25) is 24.1 Å². The molecule has 2 aromatic rings. The van der Waals surface area contributed by atoms with E-state index in [1.165, 1.54) is 43.4 Å². The summed E-state index contributed by atoms with van der Waals surface area (Å²) in [5, 5.41) is 50.4. The summed E-state index contributed by atoms with van der Waals surface area (Å²) in [6.07, 6.45) is 1.24. The number of aromatic nitrogens is 1. The van der Waals surface area contributed by atoms with E-state index >= 15 is 0 Å². The molecule has 2 amide bonds. The number of ketones is 2. The number of benzene rings is 1. The first-order valence-electron chi connectivity index (χ1n) is 11.6. The molecule has 13 nitrogen and oxygen atoms in total. The Bertz CT molecular complexity index is 1470. The highest BCUT2D eigenvalue weighted by atomic mass is 16.5. The van der Waals surface area contributed by atoms with Crippen LogP contribution in [-0.2, 0) is 20.8 Å². The molecule has 4 atom stereocenters.